The van der Waals surface area contributed by atoms with Gasteiger partial charge in [0.15, 0.2) is 0 Å². The van der Waals surface area contributed by atoms with Gasteiger partial charge in [0.25, 0.3) is 0 Å². The van der Waals surface area contributed by atoms with Crippen LogP contribution in [0.3, 0.4) is 0 Å². The molecule has 1 aromatic rings. The van der Waals surface area contributed by atoms with E-state index < -0.39 is 12.7 Å². The van der Waals surface area contributed by atoms with Crippen molar-refractivity contribution in [1.29, 1.82) is 0 Å². The first-order valence-corrected chi connectivity index (χ1v) is 6.79. The summed E-state index contributed by atoms with van der Waals surface area (Å²) in [4.78, 5) is 1.47. The molecule has 0 spiro atoms. The summed E-state index contributed by atoms with van der Waals surface area (Å²) in [5.41, 5.74) is 3.19. The number of benzene rings is 1. The van der Waals surface area contributed by atoms with Crippen LogP contribution < -0.4 is 4.74 Å². The van der Waals surface area contributed by atoms with E-state index in [1.165, 1.54) is 4.90 Å². The van der Waals surface area contributed by atoms with E-state index in [0.29, 0.717) is 19.5 Å². The minimum Gasteiger partial charge on any atom is -0.496 e. The Kier molecular flexibility index (Phi) is 4.28. The maximum atomic E-state index is 12.6. The van der Waals surface area contributed by atoms with Crippen molar-refractivity contribution in [3.63, 3.8) is 0 Å². The lowest BCUT2D eigenvalue weighted by Gasteiger charge is -2.32. The fraction of sp³-hybridized carbons (Fsp3) is 0.600. The number of nitrogens with zero attached hydrogens (tertiary/aromatic N) is 1. The van der Waals surface area contributed by atoms with Crippen LogP contribution >= 0.6 is 0 Å². The largest absolute Gasteiger partial charge is 0.496 e. The van der Waals surface area contributed by atoms with Crippen LogP contribution in [0.2, 0.25) is 0 Å². The van der Waals surface area contributed by atoms with Gasteiger partial charge in [-0.2, -0.15) is 13.2 Å². The van der Waals surface area contributed by atoms with E-state index >= 15 is 0 Å². The molecule has 1 aliphatic rings. The number of ether oxygens (including phenoxy) is 1. The van der Waals surface area contributed by atoms with Crippen LogP contribution in [0.5, 0.6) is 5.75 Å². The predicted octanol–water partition coefficient (Wildman–Crippen LogP) is 3.74. The molecular formula is C15H20F3NO. The van der Waals surface area contributed by atoms with Crippen molar-refractivity contribution in [3.05, 3.63) is 28.8 Å². The van der Waals surface area contributed by atoms with Crippen molar-refractivity contribution in [2.45, 2.75) is 38.9 Å². The van der Waals surface area contributed by atoms with Crippen LogP contribution in [0, 0.1) is 0 Å². The van der Waals surface area contributed by atoms with Crippen LogP contribution in [0.1, 0.15) is 36.5 Å². The molecule has 2 rings (SSSR count). The summed E-state index contributed by atoms with van der Waals surface area (Å²) in [6, 6.07) is 3.90. The molecule has 112 valence electrons. The molecule has 0 N–H and O–H groups in total. The van der Waals surface area contributed by atoms with Gasteiger partial charge in [0.05, 0.1) is 13.7 Å². The fourth-order valence-electron chi connectivity index (χ4n) is 2.89. The number of methoxy groups -OCH3 is 1. The molecule has 0 aromatic heterocycles. The summed E-state index contributed by atoms with van der Waals surface area (Å²) in [5.74, 6) is 0.998. The van der Waals surface area contributed by atoms with Gasteiger partial charge in [-0.1, -0.05) is 19.9 Å². The van der Waals surface area contributed by atoms with Gasteiger partial charge in [-0.3, -0.25) is 4.90 Å². The van der Waals surface area contributed by atoms with Crippen molar-refractivity contribution < 1.29 is 17.9 Å². The average Bonchev–Trinajstić information content (AvgIpc) is 2.34. The van der Waals surface area contributed by atoms with Crippen molar-refractivity contribution in [1.82, 2.24) is 4.90 Å². The molecule has 0 atom stereocenters. The van der Waals surface area contributed by atoms with Gasteiger partial charge < -0.3 is 4.74 Å². The lowest BCUT2D eigenvalue weighted by atomic mass is 9.88. The predicted molar refractivity (Wildman–Crippen MR) is 72.1 cm³/mol. The van der Waals surface area contributed by atoms with Gasteiger partial charge in [-0.05, 0) is 29.5 Å². The molecule has 0 bridgehead atoms. The second-order valence-electron chi connectivity index (χ2n) is 5.55. The SMILES string of the molecule is COc1ccc2c(c1C(C)C)CN(CC(F)(F)F)CC2. The topological polar surface area (TPSA) is 12.5 Å². The number of alkyl halides is 3. The summed E-state index contributed by atoms with van der Waals surface area (Å²) >= 11 is 0. The Hall–Kier alpha value is -1.23. The molecule has 1 heterocycles. The molecule has 0 radical (unpaired) electrons. The van der Waals surface area contributed by atoms with Crippen molar-refractivity contribution >= 4 is 0 Å². The molecule has 2 nitrogen and oxygen atoms in total. The van der Waals surface area contributed by atoms with Crippen LogP contribution in [0.4, 0.5) is 13.2 Å². The van der Waals surface area contributed by atoms with E-state index in [0.717, 1.165) is 22.4 Å². The minimum absolute atomic E-state index is 0.228. The van der Waals surface area contributed by atoms with E-state index in [1.54, 1.807) is 7.11 Å². The molecular weight excluding hydrogens is 267 g/mol. The highest BCUT2D eigenvalue weighted by Crippen LogP contribution is 2.35. The van der Waals surface area contributed by atoms with E-state index in [4.69, 9.17) is 4.74 Å². The third-order valence-corrected chi connectivity index (χ3v) is 3.69. The van der Waals surface area contributed by atoms with E-state index in [9.17, 15) is 13.2 Å². The lowest BCUT2D eigenvalue weighted by molar-refractivity contribution is -0.147. The van der Waals surface area contributed by atoms with Gasteiger partial charge >= 0.3 is 6.18 Å². The third kappa shape index (κ3) is 3.26. The van der Waals surface area contributed by atoms with E-state index in [1.807, 2.05) is 26.0 Å². The van der Waals surface area contributed by atoms with Crippen LogP contribution in [-0.4, -0.2) is 31.3 Å². The highest BCUT2D eigenvalue weighted by molar-refractivity contribution is 5.48. The lowest BCUT2D eigenvalue weighted by Crippen LogP contribution is -2.38. The Balaban J connectivity index is 2.33. The summed E-state index contributed by atoms with van der Waals surface area (Å²) in [6.45, 7) is 4.04. The smallest absolute Gasteiger partial charge is 0.401 e. The molecule has 0 unspecified atom stereocenters. The summed E-state index contributed by atoms with van der Waals surface area (Å²) in [7, 11) is 1.60. The van der Waals surface area contributed by atoms with Gasteiger partial charge in [0.1, 0.15) is 5.75 Å². The Morgan fingerprint density at radius 2 is 2.00 bits per heavy atom. The highest BCUT2D eigenvalue weighted by Gasteiger charge is 2.33. The first-order chi connectivity index (χ1) is 9.31. The Morgan fingerprint density at radius 1 is 1.30 bits per heavy atom. The van der Waals surface area contributed by atoms with E-state index in [-0.39, 0.29) is 5.92 Å². The highest BCUT2D eigenvalue weighted by atomic mass is 19.4. The number of halogens is 3. The van der Waals surface area contributed by atoms with Crippen LogP contribution in [-0.2, 0) is 13.0 Å². The Labute approximate surface area is 117 Å². The fourth-order valence-corrected chi connectivity index (χ4v) is 2.89. The monoisotopic (exact) mass is 287 g/mol. The molecule has 0 aliphatic carbocycles. The molecule has 1 aromatic carbocycles. The normalized spacial score (nSPS) is 16.4. The number of hydrogen-bond donors (Lipinski definition) is 0. The maximum Gasteiger partial charge on any atom is 0.401 e. The second kappa shape index (κ2) is 5.64. The number of hydrogen-bond acceptors (Lipinski definition) is 2. The summed E-state index contributed by atoms with van der Waals surface area (Å²) in [5, 5.41) is 0. The maximum absolute atomic E-state index is 12.6. The van der Waals surface area contributed by atoms with E-state index in [2.05, 4.69) is 0 Å². The molecule has 0 fully saturated rings. The van der Waals surface area contributed by atoms with Crippen molar-refractivity contribution in [2.75, 3.05) is 20.2 Å². The first-order valence-electron chi connectivity index (χ1n) is 6.79. The number of rotatable bonds is 3. The Morgan fingerprint density at radius 3 is 2.55 bits per heavy atom. The standard InChI is InChI=1S/C15H20F3NO/c1-10(2)14-12-8-19(9-15(16,17)18)7-6-11(12)4-5-13(14)20-3/h4-5,10H,6-9H2,1-3H3. The zero-order chi connectivity index (χ0) is 14.9. The van der Waals surface area contributed by atoms with Gasteiger partial charge in [-0.25, -0.2) is 0 Å². The summed E-state index contributed by atoms with van der Waals surface area (Å²) < 4.78 is 43.0. The van der Waals surface area contributed by atoms with Gasteiger partial charge in [0.2, 0.25) is 0 Å². The molecule has 1 aliphatic heterocycles. The first kappa shape index (κ1) is 15.2. The molecule has 0 saturated carbocycles. The number of fused-ring (bicyclic) bond motifs is 1. The van der Waals surface area contributed by atoms with Crippen molar-refractivity contribution in [2.24, 2.45) is 0 Å². The van der Waals surface area contributed by atoms with Crippen LogP contribution in [0.15, 0.2) is 12.1 Å². The summed E-state index contributed by atoms with van der Waals surface area (Å²) in [6.07, 6.45) is -3.48. The quantitative estimate of drug-likeness (QED) is 0.839. The third-order valence-electron chi connectivity index (χ3n) is 3.69. The second-order valence-corrected chi connectivity index (χ2v) is 5.55. The van der Waals surface area contributed by atoms with Gasteiger partial charge in [-0.15, -0.1) is 0 Å². The molecule has 0 saturated heterocycles. The van der Waals surface area contributed by atoms with Gasteiger partial charge in [0, 0.05) is 18.7 Å². The average molecular weight is 287 g/mol. The zero-order valence-electron chi connectivity index (χ0n) is 12.0. The zero-order valence-corrected chi connectivity index (χ0v) is 12.0. The van der Waals surface area contributed by atoms with Crippen molar-refractivity contribution in [3.8, 4) is 5.75 Å². The molecule has 20 heavy (non-hydrogen) atoms. The minimum atomic E-state index is -4.14. The molecule has 5 heteroatoms. The Bertz CT molecular complexity index is 483. The van der Waals surface area contributed by atoms with Crippen LogP contribution in [0.25, 0.3) is 0 Å². The molecule has 0 amide bonds.